The lowest BCUT2D eigenvalue weighted by molar-refractivity contribution is -0.120. The molecule has 2 amide bonds. The lowest BCUT2D eigenvalue weighted by atomic mass is 10.0. The number of carbonyl (C=O) groups excluding carboxylic acids is 2. The third kappa shape index (κ3) is 7.48. The Balaban J connectivity index is 1.77. The minimum Gasteiger partial charge on any atom is -0.494 e. The molecule has 0 aromatic heterocycles. The molecule has 156 valence electrons. The second-order valence-corrected chi connectivity index (χ2v) is 7.38. The fraction of sp³-hybridized carbons (Fsp3) is 0.619. The van der Waals surface area contributed by atoms with Crippen molar-refractivity contribution in [1.82, 2.24) is 15.5 Å². The Bertz CT molecular complexity index is 613. The van der Waals surface area contributed by atoms with Crippen molar-refractivity contribution in [2.45, 2.75) is 33.2 Å². The summed E-state index contributed by atoms with van der Waals surface area (Å²) < 4.78 is 10.8. The number of rotatable bonds is 10. The highest BCUT2D eigenvalue weighted by atomic mass is 16.5. The summed E-state index contributed by atoms with van der Waals surface area (Å²) in [4.78, 5) is 26.8. The van der Waals surface area contributed by atoms with Gasteiger partial charge in [0.25, 0.3) is 5.91 Å². The molecule has 1 saturated heterocycles. The number of amides is 2. The number of carbonyl (C=O) groups is 2. The largest absolute Gasteiger partial charge is 0.494 e. The normalized spacial score (nSPS) is 15.9. The van der Waals surface area contributed by atoms with Gasteiger partial charge in [-0.25, -0.2) is 0 Å². The summed E-state index contributed by atoms with van der Waals surface area (Å²) in [6, 6.07) is 7.16. The Labute approximate surface area is 167 Å². The Morgan fingerprint density at radius 2 is 1.82 bits per heavy atom. The van der Waals surface area contributed by atoms with E-state index in [0.717, 1.165) is 38.5 Å². The van der Waals surface area contributed by atoms with Crippen molar-refractivity contribution in [1.29, 1.82) is 0 Å². The Morgan fingerprint density at radius 3 is 2.43 bits per heavy atom. The van der Waals surface area contributed by atoms with Crippen molar-refractivity contribution in [3.05, 3.63) is 29.8 Å². The van der Waals surface area contributed by atoms with E-state index in [0.29, 0.717) is 24.6 Å². The quantitative estimate of drug-likeness (QED) is 0.634. The van der Waals surface area contributed by atoms with Crippen LogP contribution in [0.2, 0.25) is 0 Å². The number of nitrogens with one attached hydrogen (secondary N) is 2. The molecule has 0 spiro atoms. The molecule has 0 bridgehead atoms. The van der Waals surface area contributed by atoms with Crippen molar-refractivity contribution >= 4 is 11.8 Å². The maximum Gasteiger partial charge on any atom is 0.251 e. The molecule has 0 aliphatic carbocycles. The van der Waals surface area contributed by atoms with Gasteiger partial charge in [0.2, 0.25) is 5.91 Å². The molecule has 1 aliphatic heterocycles. The van der Waals surface area contributed by atoms with Crippen LogP contribution in [0.3, 0.4) is 0 Å². The van der Waals surface area contributed by atoms with Gasteiger partial charge in [0, 0.05) is 31.2 Å². The van der Waals surface area contributed by atoms with Gasteiger partial charge in [-0.2, -0.15) is 0 Å². The molecule has 1 fully saturated rings. The monoisotopic (exact) mass is 391 g/mol. The van der Waals surface area contributed by atoms with Gasteiger partial charge in [-0.3, -0.25) is 14.5 Å². The van der Waals surface area contributed by atoms with Crippen LogP contribution in [0.25, 0.3) is 0 Å². The molecule has 1 atom stereocenters. The standard InChI is InChI=1S/C21H33N3O4/c1-4-28-19-7-5-17(6-8-19)21(26)23-15-20(25)22-14-18(13-16(2)3)24-9-11-27-12-10-24/h5-8,16,18H,4,9-15H2,1-3H3,(H,22,25)(H,23,26). The summed E-state index contributed by atoms with van der Waals surface area (Å²) in [5.41, 5.74) is 0.502. The van der Waals surface area contributed by atoms with E-state index in [4.69, 9.17) is 9.47 Å². The molecule has 1 heterocycles. The predicted molar refractivity (Wildman–Crippen MR) is 109 cm³/mol. The minimum atomic E-state index is -0.273. The van der Waals surface area contributed by atoms with Gasteiger partial charge in [0.15, 0.2) is 0 Å². The molecule has 7 heteroatoms. The van der Waals surface area contributed by atoms with E-state index in [9.17, 15) is 9.59 Å². The van der Waals surface area contributed by atoms with Crippen LogP contribution in [0.4, 0.5) is 0 Å². The first-order valence-electron chi connectivity index (χ1n) is 10.1. The Hall–Kier alpha value is -2.12. The summed E-state index contributed by atoms with van der Waals surface area (Å²) in [5, 5.41) is 5.63. The molecule has 2 N–H and O–H groups in total. The van der Waals surface area contributed by atoms with Crippen LogP contribution < -0.4 is 15.4 Å². The second kappa shape index (κ2) is 11.7. The van der Waals surface area contributed by atoms with Gasteiger partial charge in [0.1, 0.15) is 5.75 Å². The third-order valence-corrected chi connectivity index (χ3v) is 4.68. The zero-order chi connectivity index (χ0) is 20.4. The van der Waals surface area contributed by atoms with Gasteiger partial charge < -0.3 is 20.1 Å². The number of morpholine rings is 1. The van der Waals surface area contributed by atoms with Crippen LogP contribution in [0.1, 0.15) is 37.6 Å². The molecule has 28 heavy (non-hydrogen) atoms. The van der Waals surface area contributed by atoms with Crippen LogP contribution in [-0.2, 0) is 9.53 Å². The first-order chi connectivity index (χ1) is 13.5. The smallest absolute Gasteiger partial charge is 0.251 e. The number of hydrogen-bond donors (Lipinski definition) is 2. The lowest BCUT2D eigenvalue weighted by Crippen LogP contribution is -2.50. The number of benzene rings is 1. The average molecular weight is 392 g/mol. The highest BCUT2D eigenvalue weighted by Crippen LogP contribution is 2.13. The van der Waals surface area contributed by atoms with E-state index in [-0.39, 0.29) is 24.4 Å². The van der Waals surface area contributed by atoms with E-state index in [2.05, 4.69) is 29.4 Å². The van der Waals surface area contributed by atoms with E-state index in [1.165, 1.54) is 0 Å². The maximum atomic E-state index is 12.2. The van der Waals surface area contributed by atoms with Gasteiger partial charge in [-0.15, -0.1) is 0 Å². The number of ether oxygens (including phenoxy) is 2. The third-order valence-electron chi connectivity index (χ3n) is 4.68. The fourth-order valence-corrected chi connectivity index (χ4v) is 3.27. The van der Waals surface area contributed by atoms with Crippen LogP contribution in [0, 0.1) is 5.92 Å². The molecule has 1 aliphatic rings. The Kier molecular flexibility index (Phi) is 9.23. The van der Waals surface area contributed by atoms with Gasteiger partial charge in [0.05, 0.1) is 26.4 Å². The fourth-order valence-electron chi connectivity index (χ4n) is 3.27. The average Bonchev–Trinajstić information content (AvgIpc) is 2.70. The first-order valence-corrected chi connectivity index (χ1v) is 10.1. The molecule has 0 saturated carbocycles. The number of nitrogens with zero attached hydrogens (tertiary/aromatic N) is 1. The zero-order valence-corrected chi connectivity index (χ0v) is 17.2. The van der Waals surface area contributed by atoms with E-state index in [1.54, 1.807) is 24.3 Å². The van der Waals surface area contributed by atoms with E-state index in [1.807, 2.05) is 6.92 Å². The van der Waals surface area contributed by atoms with Crippen LogP contribution in [0.15, 0.2) is 24.3 Å². The molecule has 1 unspecified atom stereocenters. The van der Waals surface area contributed by atoms with Gasteiger partial charge >= 0.3 is 0 Å². The lowest BCUT2D eigenvalue weighted by Gasteiger charge is -2.35. The van der Waals surface area contributed by atoms with Crippen molar-refractivity contribution in [3.63, 3.8) is 0 Å². The topological polar surface area (TPSA) is 79.9 Å². The van der Waals surface area contributed by atoms with E-state index < -0.39 is 0 Å². The highest BCUT2D eigenvalue weighted by Gasteiger charge is 2.22. The van der Waals surface area contributed by atoms with Crippen molar-refractivity contribution in [2.24, 2.45) is 5.92 Å². The molecule has 7 nitrogen and oxygen atoms in total. The van der Waals surface area contributed by atoms with Crippen molar-refractivity contribution < 1.29 is 19.1 Å². The highest BCUT2D eigenvalue weighted by molar-refractivity contribution is 5.96. The summed E-state index contributed by atoms with van der Waals surface area (Å²) >= 11 is 0. The number of hydrogen-bond acceptors (Lipinski definition) is 5. The van der Waals surface area contributed by atoms with E-state index >= 15 is 0 Å². The van der Waals surface area contributed by atoms with Crippen molar-refractivity contribution in [2.75, 3.05) is 46.0 Å². The SMILES string of the molecule is CCOc1ccc(C(=O)NCC(=O)NCC(CC(C)C)N2CCOCC2)cc1. The van der Waals surface area contributed by atoms with Crippen LogP contribution >= 0.6 is 0 Å². The van der Waals surface area contributed by atoms with Gasteiger partial charge in [-0.1, -0.05) is 13.8 Å². The first kappa shape index (κ1) is 22.2. The molecular formula is C21H33N3O4. The molecule has 1 aromatic rings. The summed E-state index contributed by atoms with van der Waals surface area (Å²) in [6.07, 6.45) is 1.01. The van der Waals surface area contributed by atoms with Crippen LogP contribution in [-0.4, -0.2) is 68.8 Å². The minimum absolute atomic E-state index is 0.0381. The van der Waals surface area contributed by atoms with Crippen LogP contribution in [0.5, 0.6) is 5.75 Å². The molecule has 1 aromatic carbocycles. The zero-order valence-electron chi connectivity index (χ0n) is 17.2. The summed E-state index contributed by atoms with van der Waals surface area (Å²) in [6.45, 7) is 10.7. The molecule has 0 radical (unpaired) electrons. The van der Waals surface area contributed by atoms with Crippen molar-refractivity contribution in [3.8, 4) is 5.75 Å². The molecular weight excluding hydrogens is 358 g/mol. The summed E-state index contributed by atoms with van der Waals surface area (Å²) in [5.74, 6) is 0.812. The predicted octanol–water partition coefficient (Wildman–Crippen LogP) is 1.68. The Morgan fingerprint density at radius 1 is 1.14 bits per heavy atom. The molecule has 2 rings (SSSR count). The maximum absolute atomic E-state index is 12.2. The summed E-state index contributed by atoms with van der Waals surface area (Å²) in [7, 11) is 0. The second-order valence-electron chi connectivity index (χ2n) is 7.38. The van der Waals surface area contributed by atoms with Gasteiger partial charge in [-0.05, 0) is 43.5 Å².